The zero-order chi connectivity index (χ0) is 15.9. The van der Waals surface area contributed by atoms with Gasteiger partial charge in [-0.05, 0) is 42.8 Å². The highest BCUT2D eigenvalue weighted by Crippen LogP contribution is 2.15. The van der Waals surface area contributed by atoms with Crippen LogP contribution in [0.25, 0.3) is 6.08 Å². The Morgan fingerprint density at radius 1 is 1.09 bits per heavy atom. The minimum Gasteiger partial charge on any atom is -0.378 e. The number of hydrogen-bond donors (Lipinski definition) is 2. The van der Waals surface area contributed by atoms with Crippen LogP contribution < -0.4 is 15.5 Å². The first kappa shape index (κ1) is 15.6. The third-order valence-corrected chi connectivity index (χ3v) is 3.17. The fraction of sp³-hybridized carbons (Fsp3) is 0.167. The van der Waals surface area contributed by atoms with Crippen LogP contribution >= 0.6 is 0 Å². The van der Waals surface area contributed by atoms with Gasteiger partial charge in [0.1, 0.15) is 0 Å². The van der Waals surface area contributed by atoms with E-state index in [1.54, 1.807) is 6.20 Å². The van der Waals surface area contributed by atoms with E-state index in [2.05, 4.69) is 16.7 Å². The molecule has 0 spiro atoms. The molecule has 2 aromatic rings. The van der Waals surface area contributed by atoms with Crippen LogP contribution in [0.4, 0.5) is 16.2 Å². The lowest BCUT2D eigenvalue weighted by molar-refractivity contribution is 0.255. The quantitative estimate of drug-likeness (QED) is 0.899. The molecule has 2 amide bonds. The summed E-state index contributed by atoms with van der Waals surface area (Å²) in [7, 11) is 3.95. The van der Waals surface area contributed by atoms with Crippen LogP contribution in [-0.4, -0.2) is 20.1 Å². The molecule has 2 N–H and O–H groups in total. The molecule has 4 heteroatoms. The molecule has 0 aliphatic heterocycles. The third-order valence-electron chi connectivity index (χ3n) is 3.17. The third kappa shape index (κ3) is 4.66. The Kier molecular flexibility index (Phi) is 5.20. The van der Waals surface area contributed by atoms with Crippen molar-refractivity contribution in [3.05, 3.63) is 65.9 Å². The second-order valence-corrected chi connectivity index (χ2v) is 5.29. The van der Waals surface area contributed by atoms with Crippen molar-refractivity contribution in [1.82, 2.24) is 5.32 Å². The first-order chi connectivity index (χ1) is 10.5. The smallest absolute Gasteiger partial charge is 0.323 e. The number of hydrogen-bond acceptors (Lipinski definition) is 2. The molecule has 0 aliphatic carbocycles. The number of rotatable bonds is 4. The lowest BCUT2D eigenvalue weighted by atomic mass is 10.1. The van der Waals surface area contributed by atoms with Crippen molar-refractivity contribution < 1.29 is 4.79 Å². The molecule has 0 saturated carbocycles. The first-order valence-electron chi connectivity index (χ1n) is 7.13. The summed E-state index contributed by atoms with van der Waals surface area (Å²) in [5.41, 5.74) is 4.08. The van der Waals surface area contributed by atoms with Crippen molar-refractivity contribution in [3.8, 4) is 0 Å². The van der Waals surface area contributed by atoms with Crippen LogP contribution in [0.15, 0.2) is 54.7 Å². The highest BCUT2D eigenvalue weighted by Gasteiger charge is 2.00. The monoisotopic (exact) mass is 295 g/mol. The topological polar surface area (TPSA) is 44.4 Å². The summed E-state index contributed by atoms with van der Waals surface area (Å²) in [4.78, 5) is 13.8. The van der Waals surface area contributed by atoms with Gasteiger partial charge in [0.25, 0.3) is 0 Å². The highest BCUT2D eigenvalue weighted by molar-refractivity contribution is 5.90. The van der Waals surface area contributed by atoms with Gasteiger partial charge in [0, 0.05) is 31.7 Å². The molecule has 0 bridgehead atoms. The Bertz CT molecular complexity index is 660. The molecule has 0 heterocycles. The van der Waals surface area contributed by atoms with E-state index in [-0.39, 0.29) is 6.03 Å². The number of aryl methyl sites for hydroxylation is 1. The van der Waals surface area contributed by atoms with Crippen molar-refractivity contribution in [2.75, 3.05) is 24.3 Å². The van der Waals surface area contributed by atoms with Gasteiger partial charge in [-0.3, -0.25) is 0 Å². The fourth-order valence-corrected chi connectivity index (χ4v) is 2.00. The van der Waals surface area contributed by atoms with Crippen molar-refractivity contribution in [3.63, 3.8) is 0 Å². The molecule has 2 aromatic carbocycles. The number of nitrogens with one attached hydrogen (secondary N) is 2. The minimum atomic E-state index is -0.262. The molecule has 0 aromatic heterocycles. The van der Waals surface area contributed by atoms with Gasteiger partial charge < -0.3 is 15.5 Å². The average molecular weight is 295 g/mol. The number of urea groups is 1. The summed E-state index contributed by atoms with van der Waals surface area (Å²) in [6.07, 6.45) is 3.50. The van der Waals surface area contributed by atoms with Crippen LogP contribution in [0.5, 0.6) is 0 Å². The molecule has 0 saturated heterocycles. The van der Waals surface area contributed by atoms with E-state index in [1.807, 2.05) is 74.5 Å². The summed E-state index contributed by atoms with van der Waals surface area (Å²) < 4.78 is 0. The summed E-state index contributed by atoms with van der Waals surface area (Å²) in [5.74, 6) is 0. The van der Waals surface area contributed by atoms with Gasteiger partial charge in [0.15, 0.2) is 0 Å². The molecule has 2 rings (SSSR count). The second kappa shape index (κ2) is 7.31. The van der Waals surface area contributed by atoms with Gasteiger partial charge >= 0.3 is 6.03 Å². The molecule has 0 atom stereocenters. The second-order valence-electron chi connectivity index (χ2n) is 5.29. The average Bonchev–Trinajstić information content (AvgIpc) is 2.48. The Hall–Kier alpha value is -2.75. The van der Waals surface area contributed by atoms with Crippen molar-refractivity contribution in [2.45, 2.75) is 6.92 Å². The van der Waals surface area contributed by atoms with Crippen molar-refractivity contribution in [1.29, 1.82) is 0 Å². The molecule has 0 fully saturated rings. The van der Waals surface area contributed by atoms with Gasteiger partial charge in [0.2, 0.25) is 0 Å². The Labute approximate surface area is 131 Å². The van der Waals surface area contributed by atoms with Crippen LogP contribution in [-0.2, 0) is 0 Å². The summed E-state index contributed by atoms with van der Waals surface area (Å²) >= 11 is 0. The summed E-state index contributed by atoms with van der Waals surface area (Å²) in [6, 6.07) is 15.5. The maximum atomic E-state index is 11.8. The van der Waals surface area contributed by atoms with Crippen molar-refractivity contribution in [2.24, 2.45) is 0 Å². The van der Waals surface area contributed by atoms with Crippen molar-refractivity contribution >= 4 is 23.5 Å². The number of carbonyl (C=O) groups is 1. The summed E-state index contributed by atoms with van der Waals surface area (Å²) in [5, 5.41) is 5.48. The standard InChI is InChI=1S/C18H21N3O/c1-14-5-4-6-15(13-14)11-12-19-18(22)20-16-7-9-17(10-8-16)21(2)3/h4-13H,1-3H3,(H2,19,20,22)/b12-11+. The molecule has 0 unspecified atom stereocenters. The summed E-state index contributed by atoms with van der Waals surface area (Å²) in [6.45, 7) is 2.04. The molecule has 0 radical (unpaired) electrons. The van der Waals surface area contributed by atoms with E-state index in [0.29, 0.717) is 0 Å². The Morgan fingerprint density at radius 3 is 2.45 bits per heavy atom. The maximum Gasteiger partial charge on any atom is 0.323 e. The van der Waals surface area contributed by atoms with Crippen LogP contribution in [0.1, 0.15) is 11.1 Å². The van der Waals surface area contributed by atoms with Gasteiger partial charge in [-0.2, -0.15) is 0 Å². The molecule has 0 aliphatic rings. The number of carbonyl (C=O) groups excluding carboxylic acids is 1. The maximum absolute atomic E-state index is 11.8. The normalized spacial score (nSPS) is 10.5. The number of nitrogens with zero attached hydrogens (tertiary/aromatic N) is 1. The number of amides is 2. The molecule has 22 heavy (non-hydrogen) atoms. The predicted octanol–water partition coefficient (Wildman–Crippen LogP) is 3.85. The molecule has 4 nitrogen and oxygen atoms in total. The minimum absolute atomic E-state index is 0.262. The lowest BCUT2D eigenvalue weighted by Gasteiger charge is -2.12. The van der Waals surface area contributed by atoms with Gasteiger partial charge in [-0.15, -0.1) is 0 Å². The fourth-order valence-electron chi connectivity index (χ4n) is 2.00. The number of benzene rings is 2. The first-order valence-corrected chi connectivity index (χ1v) is 7.13. The highest BCUT2D eigenvalue weighted by atomic mass is 16.2. The zero-order valence-electron chi connectivity index (χ0n) is 13.1. The largest absolute Gasteiger partial charge is 0.378 e. The Morgan fingerprint density at radius 2 is 1.82 bits per heavy atom. The Balaban J connectivity index is 1.87. The van der Waals surface area contributed by atoms with E-state index in [4.69, 9.17) is 0 Å². The molecular formula is C18H21N3O. The lowest BCUT2D eigenvalue weighted by Crippen LogP contribution is -2.23. The van der Waals surface area contributed by atoms with Gasteiger partial charge in [-0.25, -0.2) is 4.79 Å². The van der Waals surface area contributed by atoms with E-state index < -0.39 is 0 Å². The predicted molar refractivity (Wildman–Crippen MR) is 93.1 cm³/mol. The SMILES string of the molecule is Cc1cccc(/C=C/NC(=O)Nc2ccc(N(C)C)cc2)c1. The zero-order valence-corrected chi connectivity index (χ0v) is 13.1. The van der Waals surface area contributed by atoms with Gasteiger partial charge in [-0.1, -0.05) is 29.8 Å². The van der Waals surface area contributed by atoms with E-state index in [0.717, 1.165) is 16.9 Å². The van der Waals surface area contributed by atoms with Crippen LogP contribution in [0.2, 0.25) is 0 Å². The van der Waals surface area contributed by atoms with Crippen LogP contribution in [0, 0.1) is 6.92 Å². The van der Waals surface area contributed by atoms with E-state index in [1.165, 1.54) is 5.56 Å². The van der Waals surface area contributed by atoms with E-state index >= 15 is 0 Å². The number of anilines is 2. The molecular weight excluding hydrogens is 274 g/mol. The molecule has 114 valence electrons. The van der Waals surface area contributed by atoms with Gasteiger partial charge in [0.05, 0.1) is 0 Å². The van der Waals surface area contributed by atoms with Crippen LogP contribution in [0.3, 0.4) is 0 Å². The van der Waals surface area contributed by atoms with E-state index in [9.17, 15) is 4.79 Å².